The van der Waals surface area contributed by atoms with E-state index in [1.165, 1.54) is 0 Å². The maximum atomic E-state index is 12.0. The Labute approximate surface area is 129 Å². The van der Waals surface area contributed by atoms with Crippen molar-refractivity contribution >= 4 is 11.8 Å². The van der Waals surface area contributed by atoms with Crippen LogP contribution < -0.4 is 15.8 Å². The molecule has 0 fully saturated rings. The minimum absolute atomic E-state index is 0.206. The predicted octanol–water partition coefficient (Wildman–Crippen LogP) is 1.87. The summed E-state index contributed by atoms with van der Waals surface area (Å²) in [5, 5.41) is 2.79. The summed E-state index contributed by atoms with van der Waals surface area (Å²) in [5.41, 5.74) is 6.49. The first-order chi connectivity index (χ1) is 10.6. The van der Waals surface area contributed by atoms with Crippen LogP contribution in [-0.4, -0.2) is 17.9 Å². The molecule has 0 aliphatic rings. The molecular weight excluding hydrogens is 280 g/mol. The minimum Gasteiger partial charge on any atom is -0.481 e. The van der Waals surface area contributed by atoms with Gasteiger partial charge in [-0.2, -0.15) is 0 Å². The molecule has 2 aromatic rings. The molecule has 0 spiro atoms. The van der Waals surface area contributed by atoms with Gasteiger partial charge in [-0.1, -0.05) is 30.3 Å². The highest BCUT2D eigenvalue weighted by molar-refractivity contribution is 5.92. The first-order valence-corrected chi connectivity index (χ1v) is 6.94. The molecule has 2 rings (SSSR count). The quantitative estimate of drug-likeness (QED) is 0.854. The number of hydrogen-bond acceptors (Lipinski definition) is 3. The molecule has 3 N–H and O–H groups in total. The molecule has 0 aromatic heterocycles. The fourth-order valence-corrected chi connectivity index (χ4v) is 1.88. The van der Waals surface area contributed by atoms with Crippen molar-refractivity contribution in [1.82, 2.24) is 5.32 Å². The fraction of sp³-hybridized carbons (Fsp3) is 0.176. The van der Waals surface area contributed by atoms with E-state index in [2.05, 4.69) is 5.32 Å². The highest BCUT2D eigenvalue weighted by Crippen LogP contribution is 2.11. The summed E-state index contributed by atoms with van der Waals surface area (Å²) >= 11 is 0. The van der Waals surface area contributed by atoms with E-state index in [1.54, 1.807) is 43.3 Å². The normalized spacial score (nSPS) is 11.5. The Kier molecular flexibility index (Phi) is 5.14. The molecule has 0 radical (unpaired) electrons. The van der Waals surface area contributed by atoms with E-state index in [0.29, 0.717) is 17.9 Å². The Balaban J connectivity index is 1.85. The van der Waals surface area contributed by atoms with Gasteiger partial charge >= 0.3 is 0 Å². The Morgan fingerprint density at radius 3 is 2.32 bits per heavy atom. The van der Waals surface area contributed by atoms with Crippen molar-refractivity contribution < 1.29 is 14.3 Å². The summed E-state index contributed by atoms with van der Waals surface area (Å²) in [5.74, 6) is -0.0285. The van der Waals surface area contributed by atoms with E-state index in [-0.39, 0.29) is 5.91 Å². The van der Waals surface area contributed by atoms with E-state index in [1.807, 2.05) is 18.2 Å². The fourth-order valence-electron chi connectivity index (χ4n) is 1.88. The number of carbonyl (C=O) groups is 2. The van der Waals surface area contributed by atoms with E-state index >= 15 is 0 Å². The summed E-state index contributed by atoms with van der Waals surface area (Å²) < 4.78 is 5.54. The van der Waals surface area contributed by atoms with Crippen molar-refractivity contribution in [2.75, 3.05) is 0 Å². The average molecular weight is 298 g/mol. The van der Waals surface area contributed by atoms with E-state index in [0.717, 1.165) is 5.56 Å². The molecule has 114 valence electrons. The van der Waals surface area contributed by atoms with Gasteiger partial charge in [-0.3, -0.25) is 9.59 Å². The lowest BCUT2D eigenvalue weighted by Gasteiger charge is -2.14. The lowest BCUT2D eigenvalue weighted by atomic mass is 10.1. The number of benzene rings is 2. The molecule has 1 atom stereocenters. The molecule has 0 saturated carbocycles. The van der Waals surface area contributed by atoms with Gasteiger partial charge in [-0.25, -0.2) is 0 Å². The van der Waals surface area contributed by atoms with E-state index < -0.39 is 12.0 Å². The maximum Gasteiger partial charge on any atom is 0.261 e. The summed E-state index contributed by atoms with van der Waals surface area (Å²) in [6.07, 6.45) is -0.590. The molecular formula is C17H18N2O3. The van der Waals surface area contributed by atoms with Gasteiger partial charge in [0.25, 0.3) is 5.91 Å². The number of rotatable bonds is 6. The zero-order valence-electron chi connectivity index (χ0n) is 12.3. The molecule has 0 heterocycles. The second kappa shape index (κ2) is 7.26. The number of ether oxygens (including phenoxy) is 1. The Bertz CT molecular complexity index is 639. The van der Waals surface area contributed by atoms with E-state index in [4.69, 9.17) is 10.5 Å². The molecule has 2 aromatic carbocycles. The van der Waals surface area contributed by atoms with Crippen LogP contribution in [0.2, 0.25) is 0 Å². The van der Waals surface area contributed by atoms with Gasteiger partial charge in [0.2, 0.25) is 5.91 Å². The van der Waals surface area contributed by atoms with Crippen LogP contribution in [0.5, 0.6) is 5.75 Å². The number of hydrogen-bond donors (Lipinski definition) is 2. The van der Waals surface area contributed by atoms with Gasteiger partial charge in [0, 0.05) is 12.1 Å². The van der Waals surface area contributed by atoms with Crippen LogP contribution in [-0.2, 0) is 11.3 Å². The van der Waals surface area contributed by atoms with Gasteiger partial charge in [-0.05, 0) is 36.8 Å². The summed E-state index contributed by atoms with van der Waals surface area (Å²) in [6.45, 7) is 2.05. The molecule has 0 aliphatic heterocycles. The summed E-state index contributed by atoms with van der Waals surface area (Å²) in [7, 11) is 0. The van der Waals surface area contributed by atoms with Crippen molar-refractivity contribution in [3.05, 3.63) is 65.7 Å². The lowest BCUT2D eigenvalue weighted by molar-refractivity contribution is -0.127. The SMILES string of the molecule is C[C@@H](Oc1ccccc1)C(=O)NCc1ccc(C(N)=O)cc1. The van der Waals surface area contributed by atoms with Crippen molar-refractivity contribution in [3.8, 4) is 5.75 Å². The topological polar surface area (TPSA) is 81.4 Å². The zero-order valence-corrected chi connectivity index (χ0v) is 12.3. The van der Waals surface area contributed by atoms with Crippen LogP contribution in [0, 0.1) is 0 Å². The monoisotopic (exact) mass is 298 g/mol. The number of nitrogens with two attached hydrogens (primary N) is 1. The van der Waals surface area contributed by atoms with Gasteiger partial charge in [-0.15, -0.1) is 0 Å². The highest BCUT2D eigenvalue weighted by Gasteiger charge is 2.14. The van der Waals surface area contributed by atoms with Crippen LogP contribution in [0.15, 0.2) is 54.6 Å². The Hall–Kier alpha value is -2.82. The highest BCUT2D eigenvalue weighted by atomic mass is 16.5. The van der Waals surface area contributed by atoms with Crippen molar-refractivity contribution in [2.45, 2.75) is 19.6 Å². The van der Waals surface area contributed by atoms with Crippen molar-refractivity contribution in [1.29, 1.82) is 0 Å². The second-order valence-electron chi connectivity index (χ2n) is 4.85. The number of nitrogens with one attached hydrogen (secondary N) is 1. The number of para-hydroxylation sites is 1. The van der Waals surface area contributed by atoms with Crippen molar-refractivity contribution in [2.24, 2.45) is 5.73 Å². The zero-order chi connectivity index (χ0) is 15.9. The first-order valence-electron chi connectivity index (χ1n) is 6.94. The molecule has 5 nitrogen and oxygen atoms in total. The third-order valence-corrected chi connectivity index (χ3v) is 3.13. The number of carbonyl (C=O) groups excluding carboxylic acids is 2. The largest absolute Gasteiger partial charge is 0.481 e. The smallest absolute Gasteiger partial charge is 0.261 e. The predicted molar refractivity (Wildman–Crippen MR) is 83.3 cm³/mol. The van der Waals surface area contributed by atoms with Crippen LogP contribution in [0.25, 0.3) is 0 Å². The first kappa shape index (κ1) is 15.6. The van der Waals surface area contributed by atoms with Gasteiger partial charge < -0.3 is 15.8 Å². The summed E-state index contributed by atoms with van der Waals surface area (Å²) in [4.78, 5) is 23.0. The average Bonchev–Trinajstić information content (AvgIpc) is 2.53. The van der Waals surface area contributed by atoms with Gasteiger partial charge in [0.1, 0.15) is 5.75 Å². The minimum atomic E-state index is -0.590. The van der Waals surface area contributed by atoms with Crippen LogP contribution in [0.1, 0.15) is 22.8 Å². The Morgan fingerprint density at radius 2 is 1.73 bits per heavy atom. The molecule has 0 bridgehead atoms. The standard InChI is InChI=1S/C17H18N2O3/c1-12(22-15-5-3-2-4-6-15)17(21)19-11-13-7-9-14(10-8-13)16(18)20/h2-10,12H,11H2,1H3,(H2,18,20)(H,19,21)/t12-/m1/s1. The van der Waals surface area contributed by atoms with Crippen molar-refractivity contribution in [3.63, 3.8) is 0 Å². The van der Waals surface area contributed by atoms with Gasteiger partial charge in [0.05, 0.1) is 0 Å². The molecule has 0 aliphatic carbocycles. The van der Waals surface area contributed by atoms with Gasteiger partial charge in [0.15, 0.2) is 6.10 Å². The second-order valence-corrected chi connectivity index (χ2v) is 4.85. The lowest BCUT2D eigenvalue weighted by Crippen LogP contribution is -2.35. The van der Waals surface area contributed by atoms with Crippen LogP contribution in [0.3, 0.4) is 0 Å². The summed E-state index contributed by atoms with van der Waals surface area (Å²) in [6, 6.07) is 15.9. The van der Waals surface area contributed by atoms with Crippen LogP contribution >= 0.6 is 0 Å². The molecule has 22 heavy (non-hydrogen) atoms. The third-order valence-electron chi connectivity index (χ3n) is 3.13. The molecule has 0 saturated heterocycles. The number of primary amides is 1. The molecule has 5 heteroatoms. The number of amides is 2. The van der Waals surface area contributed by atoms with Crippen LogP contribution in [0.4, 0.5) is 0 Å². The molecule has 2 amide bonds. The Morgan fingerprint density at radius 1 is 1.09 bits per heavy atom. The third kappa shape index (κ3) is 4.34. The molecule has 0 unspecified atom stereocenters. The maximum absolute atomic E-state index is 12.0. The van der Waals surface area contributed by atoms with E-state index in [9.17, 15) is 9.59 Å².